The van der Waals surface area contributed by atoms with Gasteiger partial charge in [0.05, 0.1) is 6.04 Å². The second-order valence-corrected chi connectivity index (χ2v) is 1.29. The van der Waals surface area contributed by atoms with Crippen LogP contribution in [0.2, 0.25) is 0 Å². The minimum atomic E-state index is -2.37. The van der Waals surface area contributed by atoms with Crippen molar-refractivity contribution in [2.24, 2.45) is 5.84 Å². The van der Waals surface area contributed by atoms with E-state index in [9.17, 15) is 8.78 Å². The molecule has 2 nitrogen and oxygen atoms in total. The lowest BCUT2D eigenvalue weighted by atomic mass is 10.4. The van der Waals surface area contributed by atoms with E-state index in [1.165, 1.54) is 6.92 Å². The van der Waals surface area contributed by atoms with Crippen LogP contribution in [0.25, 0.3) is 0 Å². The summed E-state index contributed by atoms with van der Waals surface area (Å²) >= 11 is 0. The summed E-state index contributed by atoms with van der Waals surface area (Å²) < 4.78 is 22.6. The predicted molar refractivity (Wildman–Crippen MR) is 22.8 cm³/mol. The summed E-state index contributed by atoms with van der Waals surface area (Å²) in [6.45, 7) is 1.31. The van der Waals surface area contributed by atoms with Crippen LogP contribution in [0.1, 0.15) is 6.92 Å². The molecule has 0 fully saturated rings. The van der Waals surface area contributed by atoms with Gasteiger partial charge in [-0.1, -0.05) is 0 Å². The fourth-order valence-electron chi connectivity index (χ4n) is 0.0727. The van der Waals surface area contributed by atoms with Crippen molar-refractivity contribution in [1.82, 2.24) is 5.43 Å². The Morgan fingerprint density at radius 2 is 2.00 bits per heavy atom. The molecule has 0 aromatic rings. The highest BCUT2D eigenvalue weighted by Gasteiger charge is 2.10. The summed E-state index contributed by atoms with van der Waals surface area (Å²) in [4.78, 5) is 0. The lowest BCUT2D eigenvalue weighted by molar-refractivity contribution is 0.106. The normalized spacial score (nSPS) is 15.0. The molecule has 0 bridgehead atoms. The molecule has 0 saturated heterocycles. The first-order valence-electron chi connectivity index (χ1n) is 1.92. The van der Waals surface area contributed by atoms with Crippen LogP contribution in [-0.4, -0.2) is 12.5 Å². The topological polar surface area (TPSA) is 38.0 Å². The lowest BCUT2D eigenvalue weighted by Gasteiger charge is -2.05. The average molecular weight is 110 g/mol. The Morgan fingerprint density at radius 3 is 2.00 bits per heavy atom. The van der Waals surface area contributed by atoms with Crippen LogP contribution in [-0.2, 0) is 0 Å². The lowest BCUT2D eigenvalue weighted by Crippen LogP contribution is -2.37. The third-order valence-electron chi connectivity index (χ3n) is 0.641. The van der Waals surface area contributed by atoms with Gasteiger partial charge in [-0.25, -0.2) is 8.78 Å². The van der Waals surface area contributed by atoms with Gasteiger partial charge in [0.25, 0.3) is 6.43 Å². The second-order valence-electron chi connectivity index (χ2n) is 1.29. The molecule has 0 spiro atoms. The number of hydrogen-bond acceptors (Lipinski definition) is 2. The van der Waals surface area contributed by atoms with E-state index in [2.05, 4.69) is 5.84 Å². The Bertz CT molecular complexity index is 48.2. The van der Waals surface area contributed by atoms with Crippen molar-refractivity contribution in [1.29, 1.82) is 0 Å². The van der Waals surface area contributed by atoms with Gasteiger partial charge in [-0.3, -0.25) is 11.3 Å². The monoisotopic (exact) mass is 110 g/mol. The van der Waals surface area contributed by atoms with Crippen LogP contribution in [0.3, 0.4) is 0 Å². The van der Waals surface area contributed by atoms with Crippen molar-refractivity contribution >= 4 is 0 Å². The molecule has 0 aromatic carbocycles. The second kappa shape index (κ2) is 2.87. The smallest absolute Gasteiger partial charge is 0.254 e. The van der Waals surface area contributed by atoms with Crippen molar-refractivity contribution in [2.75, 3.05) is 0 Å². The Kier molecular flexibility index (Phi) is 2.78. The van der Waals surface area contributed by atoms with Crippen molar-refractivity contribution < 1.29 is 8.78 Å². The van der Waals surface area contributed by atoms with Crippen LogP contribution in [0.4, 0.5) is 8.78 Å². The van der Waals surface area contributed by atoms with E-state index >= 15 is 0 Å². The zero-order valence-corrected chi connectivity index (χ0v) is 3.99. The van der Waals surface area contributed by atoms with Crippen LogP contribution in [0, 0.1) is 0 Å². The Balaban J connectivity index is 3.14. The number of rotatable bonds is 2. The maximum Gasteiger partial charge on any atom is 0.254 e. The number of halogens is 2. The Morgan fingerprint density at radius 1 is 1.57 bits per heavy atom. The molecule has 0 aliphatic heterocycles. The minimum absolute atomic E-state index is 0.903. The fourth-order valence-corrected chi connectivity index (χ4v) is 0.0727. The highest BCUT2D eigenvalue weighted by Crippen LogP contribution is 1.95. The number of nitrogens with one attached hydrogen (secondary N) is 1. The van der Waals surface area contributed by atoms with E-state index in [0.717, 1.165) is 0 Å². The molecule has 0 aliphatic rings. The van der Waals surface area contributed by atoms with Gasteiger partial charge in [0.2, 0.25) is 0 Å². The number of nitrogens with two attached hydrogens (primary N) is 1. The number of alkyl halides is 2. The van der Waals surface area contributed by atoms with Gasteiger partial charge in [0.15, 0.2) is 0 Å². The quantitative estimate of drug-likeness (QED) is 0.391. The van der Waals surface area contributed by atoms with Crippen molar-refractivity contribution in [3.05, 3.63) is 0 Å². The first kappa shape index (κ1) is 6.78. The maximum atomic E-state index is 11.3. The van der Waals surface area contributed by atoms with Crippen LogP contribution in [0.5, 0.6) is 0 Å². The third kappa shape index (κ3) is 2.47. The predicted octanol–water partition coefficient (Wildman–Crippen LogP) is 0.103. The van der Waals surface area contributed by atoms with Crippen molar-refractivity contribution in [3.8, 4) is 0 Å². The molecular weight excluding hydrogens is 102 g/mol. The maximum absolute atomic E-state index is 11.3. The standard InChI is InChI=1S/C3H8F2N2/c1-2(7-6)3(4)5/h2-3,7H,6H2,1H3. The molecule has 0 saturated carbocycles. The molecule has 1 unspecified atom stereocenters. The first-order chi connectivity index (χ1) is 3.18. The molecular formula is C3H8F2N2. The number of hydrogen-bond donors (Lipinski definition) is 2. The van der Waals surface area contributed by atoms with Crippen LogP contribution >= 0.6 is 0 Å². The van der Waals surface area contributed by atoms with E-state index in [1.807, 2.05) is 5.43 Å². The Hall–Kier alpha value is -0.220. The molecule has 0 aliphatic carbocycles. The zero-order valence-electron chi connectivity index (χ0n) is 3.99. The highest BCUT2D eigenvalue weighted by molar-refractivity contribution is 4.55. The molecule has 4 heteroatoms. The van der Waals surface area contributed by atoms with Gasteiger partial charge < -0.3 is 0 Å². The molecule has 0 rings (SSSR count). The van der Waals surface area contributed by atoms with E-state index in [0.29, 0.717) is 0 Å². The van der Waals surface area contributed by atoms with Crippen molar-refractivity contribution in [3.63, 3.8) is 0 Å². The molecule has 0 radical (unpaired) electrons. The van der Waals surface area contributed by atoms with E-state index in [1.54, 1.807) is 0 Å². The van der Waals surface area contributed by atoms with Crippen LogP contribution < -0.4 is 11.3 Å². The van der Waals surface area contributed by atoms with Gasteiger partial charge in [0.1, 0.15) is 0 Å². The van der Waals surface area contributed by atoms with Gasteiger partial charge >= 0.3 is 0 Å². The zero-order chi connectivity index (χ0) is 5.86. The summed E-state index contributed by atoms with van der Waals surface area (Å²) in [7, 11) is 0. The summed E-state index contributed by atoms with van der Waals surface area (Å²) in [6, 6.07) is -0.903. The summed E-state index contributed by atoms with van der Waals surface area (Å²) in [5.41, 5.74) is 1.91. The van der Waals surface area contributed by atoms with Gasteiger partial charge in [0, 0.05) is 0 Å². The number of hydrazine groups is 1. The molecule has 44 valence electrons. The fraction of sp³-hybridized carbons (Fsp3) is 1.00. The van der Waals surface area contributed by atoms with E-state index in [-0.39, 0.29) is 0 Å². The van der Waals surface area contributed by atoms with Gasteiger partial charge in [-0.2, -0.15) is 0 Å². The molecule has 0 aromatic heterocycles. The molecule has 0 amide bonds. The minimum Gasteiger partial charge on any atom is -0.271 e. The summed E-state index contributed by atoms with van der Waals surface area (Å²) in [5, 5.41) is 0. The molecule has 0 heterocycles. The van der Waals surface area contributed by atoms with Gasteiger partial charge in [-0.15, -0.1) is 0 Å². The first-order valence-corrected chi connectivity index (χ1v) is 1.92. The van der Waals surface area contributed by atoms with Gasteiger partial charge in [-0.05, 0) is 6.92 Å². The largest absolute Gasteiger partial charge is 0.271 e. The Labute approximate surface area is 40.7 Å². The molecule has 7 heavy (non-hydrogen) atoms. The highest BCUT2D eigenvalue weighted by atomic mass is 19.3. The summed E-state index contributed by atoms with van der Waals surface area (Å²) in [5.74, 6) is 4.64. The summed E-state index contributed by atoms with van der Waals surface area (Å²) in [6.07, 6.45) is -2.37. The average Bonchev–Trinajstić information content (AvgIpc) is 1.65. The third-order valence-corrected chi connectivity index (χ3v) is 0.641. The van der Waals surface area contributed by atoms with Crippen molar-refractivity contribution in [2.45, 2.75) is 19.4 Å². The van der Waals surface area contributed by atoms with E-state index in [4.69, 9.17) is 0 Å². The molecule has 3 N–H and O–H groups in total. The molecule has 1 atom stereocenters. The van der Waals surface area contributed by atoms with Crippen LogP contribution in [0.15, 0.2) is 0 Å². The van der Waals surface area contributed by atoms with E-state index < -0.39 is 12.5 Å². The SMILES string of the molecule is CC(NN)C(F)F.